The minimum atomic E-state index is -0.173. The Labute approximate surface area is 127 Å². The molecule has 0 amide bonds. The second kappa shape index (κ2) is 7.94. The summed E-state index contributed by atoms with van der Waals surface area (Å²) in [5.41, 5.74) is 3.87. The summed E-state index contributed by atoms with van der Waals surface area (Å²) >= 11 is 0. The predicted octanol–water partition coefficient (Wildman–Crippen LogP) is 4.36. The van der Waals surface area contributed by atoms with Crippen molar-refractivity contribution < 1.29 is 4.39 Å². The molecule has 0 aliphatic heterocycles. The lowest BCUT2D eigenvalue weighted by molar-refractivity contribution is 0.626. The lowest BCUT2D eigenvalue weighted by Gasteiger charge is -2.08. The van der Waals surface area contributed by atoms with Crippen LogP contribution in [0.15, 0.2) is 48.5 Å². The van der Waals surface area contributed by atoms with E-state index in [1.165, 1.54) is 23.3 Å². The Balaban J connectivity index is 1.72. The van der Waals surface area contributed by atoms with Crippen molar-refractivity contribution in [2.75, 3.05) is 6.54 Å². The molecule has 0 aliphatic rings. The molecule has 21 heavy (non-hydrogen) atoms. The first kappa shape index (κ1) is 15.7. The van der Waals surface area contributed by atoms with Crippen molar-refractivity contribution in [2.24, 2.45) is 5.92 Å². The number of nitrogens with one attached hydrogen (secondary N) is 1. The van der Waals surface area contributed by atoms with Gasteiger partial charge in [-0.25, -0.2) is 4.39 Å². The first-order valence-electron chi connectivity index (χ1n) is 7.66. The van der Waals surface area contributed by atoms with Crippen LogP contribution in [0.3, 0.4) is 0 Å². The highest BCUT2D eigenvalue weighted by Crippen LogP contribution is 2.10. The van der Waals surface area contributed by atoms with E-state index in [2.05, 4.69) is 43.4 Å². The Bertz CT molecular complexity index is 528. The monoisotopic (exact) mass is 285 g/mol. The summed E-state index contributed by atoms with van der Waals surface area (Å²) in [5, 5.41) is 3.43. The van der Waals surface area contributed by atoms with Gasteiger partial charge in [-0.3, -0.25) is 0 Å². The summed E-state index contributed by atoms with van der Waals surface area (Å²) in [6.07, 6.45) is 2.06. The van der Waals surface area contributed by atoms with E-state index in [4.69, 9.17) is 0 Å². The van der Waals surface area contributed by atoms with Crippen molar-refractivity contribution in [3.05, 3.63) is 71.0 Å². The topological polar surface area (TPSA) is 12.0 Å². The van der Waals surface area contributed by atoms with E-state index in [1.807, 2.05) is 12.1 Å². The van der Waals surface area contributed by atoms with Gasteiger partial charge in [0.25, 0.3) is 0 Å². The van der Waals surface area contributed by atoms with E-state index in [9.17, 15) is 4.39 Å². The van der Waals surface area contributed by atoms with E-state index < -0.39 is 0 Å². The molecule has 112 valence electrons. The molecule has 0 unspecified atom stereocenters. The molecule has 0 bridgehead atoms. The summed E-state index contributed by atoms with van der Waals surface area (Å²) < 4.78 is 12.8. The van der Waals surface area contributed by atoms with Crippen LogP contribution in [-0.2, 0) is 19.4 Å². The average Bonchev–Trinajstić information content (AvgIpc) is 2.46. The number of halogens is 1. The normalized spacial score (nSPS) is 11.0. The van der Waals surface area contributed by atoms with Gasteiger partial charge in [0.2, 0.25) is 0 Å². The Morgan fingerprint density at radius 3 is 2.05 bits per heavy atom. The van der Waals surface area contributed by atoms with Gasteiger partial charge in [0.1, 0.15) is 5.82 Å². The summed E-state index contributed by atoms with van der Waals surface area (Å²) in [6.45, 7) is 6.26. The molecule has 0 heterocycles. The van der Waals surface area contributed by atoms with Crippen molar-refractivity contribution in [1.29, 1.82) is 0 Å². The lowest BCUT2D eigenvalue weighted by atomic mass is 10.0. The summed E-state index contributed by atoms with van der Waals surface area (Å²) in [7, 11) is 0. The van der Waals surface area contributed by atoms with E-state index >= 15 is 0 Å². The number of hydrogen-bond donors (Lipinski definition) is 1. The molecule has 1 nitrogen and oxygen atoms in total. The van der Waals surface area contributed by atoms with Gasteiger partial charge in [-0.2, -0.15) is 0 Å². The largest absolute Gasteiger partial charge is 0.312 e. The van der Waals surface area contributed by atoms with Crippen LogP contribution in [0.4, 0.5) is 4.39 Å². The highest BCUT2D eigenvalue weighted by molar-refractivity contribution is 5.23. The third-order valence-electron chi connectivity index (χ3n) is 3.50. The second-order valence-electron chi connectivity index (χ2n) is 5.97. The van der Waals surface area contributed by atoms with Crippen LogP contribution in [0.5, 0.6) is 0 Å². The summed E-state index contributed by atoms with van der Waals surface area (Å²) in [6, 6.07) is 15.6. The molecule has 0 fully saturated rings. The van der Waals surface area contributed by atoms with Crippen molar-refractivity contribution >= 4 is 0 Å². The van der Waals surface area contributed by atoms with Crippen LogP contribution in [0, 0.1) is 11.7 Å². The molecule has 0 saturated carbocycles. The number of benzene rings is 2. The van der Waals surface area contributed by atoms with E-state index in [0.29, 0.717) is 5.92 Å². The molecule has 2 aromatic carbocycles. The molecule has 0 aromatic heterocycles. The smallest absolute Gasteiger partial charge is 0.123 e. The summed E-state index contributed by atoms with van der Waals surface area (Å²) in [5.74, 6) is 0.526. The average molecular weight is 285 g/mol. The van der Waals surface area contributed by atoms with Gasteiger partial charge in [-0.05, 0) is 54.1 Å². The molecule has 0 radical (unpaired) electrons. The number of rotatable bonds is 7. The zero-order valence-electron chi connectivity index (χ0n) is 12.9. The zero-order chi connectivity index (χ0) is 15.1. The van der Waals surface area contributed by atoms with Crippen LogP contribution in [0.25, 0.3) is 0 Å². The Kier molecular flexibility index (Phi) is 5.94. The van der Waals surface area contributed by atoms with Gasteiger partial charge in [0, 0.05) is 6.54 Å². The van der Waals surface area contributed by atoms with Crippen LogP contribution in [0.2, 0.25) is 0 Å². The molecule has 1 N–H and O–H groups in total. The van der Waals surface area contributed by atoms with Crippen molar-refractivity contribution in [3.8, 4) is 0 Å². The van der Waals surface area contributed by atoms with Crippen molar-refractivity contribution in [1.82, 2.24) is 5.32 Å². The molecule has 2 rings (SSSR count). The van der Waals surface area contributed by atoms with Gasteiger partial charge in [0.15, 0.2) is 0 Å². The van der Waals surface area contributed by atoms with Crippen molar-refractivity contribution in [2.45, 2.75) is 33.2 Å². The highest BCUT2D eigenvalue weighted by Gasteiger charge is 1.99. The molecule has 0 atom stereocenters. The van der Waals surface area contributed by atoms with Gasteiger partial charge in [-0.15, -0.1) is 0 Å². The van der Waals surface area contributed by atoms with Crippen LogP contribution >= 0.6 is 0 Å². The van der Waals surface area contributed by atoms with E-state index in [-0.39, 0.29) is 5.82 Å². The standard InChI is InChI=1S/C19H24FN/c1-15(2)13-17-3-5-18(6-4-17)14-21-12-11-16-7-9-19(20)10-8-16/h3-10,15,21H,11-14H2,1-2H3. The fourth-order valence-corrected chi connectivity index (χ4v) is 2.38. The summed E-state index contributed by atoms with van der Waals surface area (Å²) in [4.78, 5) is 0. The van der Waals surface area contributed by atoms with Crippen LogP contribution in [-0.4, -0.2) is 6.54 Å². The minimum Gasteiger partial charge on any atom is -0.312 e. The fraction of sp³-hybridized carbons (Fsp3) is 0.368. The quantitative estimate of drug-likeness (QED) is 0.745. The maximum atomic E-state index is 12.8. The fourth-order valence-electron chi connectivity index (χ4n) is 2.38. The molecular weight excluding hydrogens is 261 g/mol. The van der Waals surface area contributed by atoms with Crippen molar-refractivity contribution in [3.63, 3.8) is 0 Å². The molecule has 0 saturated heterocycles. The van der Waals surface area contributed by atoms with Gasteiger partial charge < -0.3 is 5.32 Å². The van der Waals surface area contributed by atoms with Gasteiger partial charge in [-0.1, -0.05) is 50.2 Å². The minimum absolute atomic E-state index is 0.173. The molecular formula is C19H24FN. The maximum Gasteiger partial charge on any atom is 0.123 e. The molecule has 2 heteroatoms. The van der Waals surface area contributed by atoms with E-state index in [1.54, 1.807) is 0 Å². The maximum absolute atomic E-state index is 12.8. The third kappa shape index (κ3) is 5.68. The Morgan fingerprint density at radius 2 is 1.43 bits per heavy atom. The van der Waals surface area contributed by atoms with Crippen LogP contribution < -0.4 is 5.32 Å². The Hall–Kier alpha value is -1.67. The first-order chi connectivity index (χ1) is 10.1. The Morgan fingerprint density at radius 1 is 0.857 bits per heavy atom. The molecule has 0 spiro atoms. The lowest BCUT2D eigenvalue weighted by Crippen LogP contribution is -2.16. The highest BCUT2D eigenvalue weighted by atomic mass is 19.1. The molecule has 0 aliphatic carbocycles. The predicted molar refractivity (Wildman–Crippen MR) is 86.8 cm³/mol. The number of hydrogen-bond acceptors (Lipinski definition) is 1. The van der Waals surface area contributed by atoms with Crippen LogP contribution in [0.1, 0.15) is 30.5 Å². The first-order valence-corrected chi connectivity index (χ1v) is 7.66. The molecule has 2 aromatic rings. The SMILES string of the molecule is CC(C)Cc1ccc(CNCCc2ccc(F)cc2)cc1. The third-order valence-corrected chi connectivity index (χ3v) is 3.50. The zero-order valence-corrected chi connectivity index (χ0v) is 12.9. The second-order valence-corrected chi connectivity index (χ2v) is 5.97. The van der Waals surface area contributed by atoms with E-state index in [0.717, 1.165) is 31.5 Å². The van der Waals surface area contributed by atoms with Gasteiger partial charge in [0.05, 0.1) is 0 Å². The van der Waals surface area contributed by atoms with Gasteiger partial charge >= 0.3 is 0 Å².